The molecule has 5 rings (SSSR count). The third kappa shape index (κ3) is 2.70. The highest BCUT2D eigenvalue weighted by atomic mass is 15.3. The normalized spacial score (nSPS) is 11.0. The number of nitrogen functional groups attached to an aromatic ring is 1. The molecule has 0 unspecified atom stereocenters. The van der Waals surface area contributed by atoms with E-state index in [9.17, 15) is 0 Å². The lowest BCUT2D eigenvalue weighted by Gasteiger charge is -2.10. The van der Waals surface area contributed by atoms with Crippen molar-refractivity contribution in [3.63, 3.8) is 0 Å². The minimum absolute atomic E-state index is 0.416. The van der Waals surface area contributed by atoms with Crippen LogP contribution in [0.25, 0.3) is 39.2 Å². The Balaban J connectivity index is 1.67. The smallest absolute Gasteiger partial charge is 0.166 e. The Kier molecular flexibility index (Phi) is 3.84. The van der Waals surface area contributed by atoms with Gasteiger partial charge in [0.05, 0.1) is 11.3 Å². The summed E-state index contributed by atoms with van der Waals surface area (Å²) in [5, 5.41) is 4.47. The first-order valence-electron chi connectivity index (χ1n) is 9.01. The van der Waals surface area contributed by atoms with Gasteiger partial charge in [-0.05, 0) is 28.8 Å². The lowest BCUT2D eigenvalue weighted by atomic mass is 9.96. The molecule has 0 spiro atoms. The molecule has 2 aromatic carbocycles. The molecule has 5 nitrogen and oxygen atoms in total. The molecule has 28 heavy (non-hydrogen) atoms. The van der Waals surface area contributed by atoms with Crippen molar-refractivity contribution in [3.8, 4) is 33.5 Å². The van der Waals surface area contributed by atoms with Gasteiger partial charge >= 0.3 is 0 Å². The van der Waals surface area contributed by atoms with E-state index in [4.69, 9.17) is 5.73 Å². The van der Waals surface area contributed by atoms with Gasteiger partial charge in [0.2, 0.25) is 0 Å². The summed E-state index contributed by atoms with van der Waals surface area (Å²) in [7, 11) is 0. The molecule has 5 heteroatoms. The number of nitrogens with zero attached hydrogens (tertiary/aromatic N) is 4. The second-order valence-electron chi connectivity index (χ2n) is 6.50. The van der Waals surface area contributed by atoms with Gasteiger partial charge < -0.3 is 5.73 Å². The number of hydrogen-bond donors (Lipinski definition) is 1. The average Bonchev–Trinajstić information content (AvgIpc) is 3.10. The van der Waals surface area contributed by atoms with Crippen molar-refractivity contribution in [2.24, 2.45) is 0 Å². The summed E-state index contributed by atoms with van der Waals surface area (Å²) in [5.74, 6) is 0.416. The summed E-state index contributed by atoms with van der Waals surface area (Å²) >= 11 is 0. The number of aromatic nitrogens is 4. The summed E-state index contributed by atoms with van der Waals surface area (Å²) in [6, 6.07) is 24.3. The zero-order chi connectivity index (χ0) is 18.9. The third-order valence-corrected chi connectivity index (χ3v) is 4.74. The Morgan fingerprint density at radius 1 is 0.714 bits per heavy atom. The summed E-state index contributed by atoms with van der Waals surface area (Å²) < 4.78 is 1.73. The van der Waals surface area contributed by atoms with Crippen molar-refractivity contribution in [2.75, 3.05) is 5.73 Å². The van der Waals surface area contributed by atoms with E-state index in [1.807, 2.05) is 60.9 Å². The maximum atomic E-state index is 6.18. The molecular formula is C23H17N5. The Morgan fingerprint density at radius 2 is 1.43 bits per heavy atom. The van der Waals surface area contributed by atoms with E-state index in [0.717, 1.165) is 33.5 Å². The highest BCUT2D eigenvalue weighted by Gasteiger charge is 2.16. The van der Waals surface area contributed by atoms with Crippen molar-refractivity contribution in [2.45, 2.75) is 0 Å². The molecule has 0 amide bonds. The van der Waals surface area contributed by atoms with E-state index in [1.165, 1.54) is 0 Å². The second-order valence-corrected chi connectivity index (χ2v) is 6.50. The van der Waals surface area contributed by atoms with Crippen LogP contribution in [0.3, 0.4) is 0 Å². The number of benzene rings is 2. The molecule has 0 saturated carbocycles. The van der Waals surface area contributed by atoms with Gasteiger partial charge in [-0.2, -0.15) is 0 Å². The van der Waals surface area contributed by atoms with Crippen LogP contribution in [0.4, 0.5) is 5.82 Å². The SMILES string of the molecule is Nc1nn2cc(-c3ccccc3-c3ccccc3)cnc2c1-c1ccccn1. The minimum atomic E-state index is 0.416. The monoisotopic (exact) mass is 363 g/mol. The fourth-order valence-corrected chi connectivity index (χ4v) is 3.45. The van der Waals surface area contributed by atoms with Crippen LogP contribution in [-0.4, -0.2) is 19.6 Å². The van der Waals surface area contributed by atoms with Gasteiger partial charge in [-0.15, -0.1) is 5.10 Å². The first-order chi connectivity index (χ1) is 13.8. The zero-order valence-corrected chi connectivity index (χ0v) is 15.0. The largest absolute Gasteiger partial charge is 0.382 e. The van der Waals surface area contributed by atoms with Crippen LogP contribution in [0.1, 0.15) is 0 Å². The average molecular weight is 363 g/mol. The molecule has 0 aliphatic carbocycles. The Morgan fingerprint density at radius 3 is 2.18 bits per heavy atom. The van der Waals surface area contributed by atoms with E-state index in [1.54, 1.807) is 10.7 Å². The minimum Gasteiger partial charge on any atom is -0.382 e. The number of rotatable bonds is 3. The summed E-state index contributed by atoms with van der Waals surface area (Å²) in [4.78, 5) is 9.06. The first-order valence-corrected chi connectivity index (χ1v) is 9.01. The van der Waals surface area contributed by atoms with Gasteiger partial charge in [0.25, 0.3) is 0 Å². The maximum Gasteiger partial charge on any atom is 0.166 e. The Hall–Kier alpha value is -3.99. The van der Waals surface area contributed by atoms with Gasteiger partial charge in [-0.25, -0.2) is 9.50 Å². The van der Waals surface area contributed by atoms with Crippen molar-refractivity contribution in [1.82, 2.24) is 19.6 Å². The molecule has 0 radical (unpaired) electrons. The fraction of sp³-hybridized carbons (Fsp3) is 0. The molecule has 0 atom stereocenters. The van der Waals surface area contributed by atoms with E-state index in [2.05, 4.69) is 39.3 Å². The standard InChI is InChI=1S/C23H17N5/c24-22-21(20-12-6-7-13-25-20)23-26-14-17(15-28(23)27-22)19-11-5-4-10-18(19)16-8-2-1-3-9-16/h1-15H,(H2,24,27). The quantitative estimate of drug-likeness (QED) is 0.504. The van der Waals surface area contributed by atoms with E-state index in [-0.39, 0.29) is 0 Å². The predicted molar refractivity (Wildman–Crippen MR) is 112 cm³/mol. The molecular weight excluding hydrogens is 346 g/mol. The third-order valence-electron chi connectivity index (χ3n) is 4.74. The molecule has 3 aromatic heterocycles. The zero-order valence-electron chi connectivity index (χ0n) is 15.0. The second kappa shape index (κ2) is 6.63. The Labute approximate surface area is 162 Å². The molecule has 5 aromatic rings. The Bertz CT molecular complexity index is 1260. The van der Waals surface area contributed by atoms with Crippen LogP contribution in [-0.2, 0) is 0 Å². The van der Waals surface area contributed by atoms with Gasteiger partial charge in [0.15, 0.2) is 11.5 Å². The molecule has 0 saturated heterocycles. The van der Waals surface area contributed by atoms with E-state index in [0.29, 0.717) is 11.5 Å². The van der Waals surface area contributed by atoms with Crippen LogP contribution >= 0.6 is 0 Å². The topological polar surface area (TPSA) is 69.1 Å². The van der Waals surface area contributed by atoms with Gasteiger partial charge in [0.1, 0.15) is 0 Å². The lowest BCUT2D eigenvalue weighted by molar-refractivity contribution is 0.947. The van der Waals surface area contributed by atoms with Crippen molar-refractivity contribution >= 4 is 11.5 Å². The molecule has 134 valence electrons. The van der Waals surface area contributed by atoms with E-state index >= 15 is 0 Å². The van der Waals surface area contributed by atoms with Crippen LogP contribution in [0.15, 0.2) is 91.4 Å². The number of nitrogens with two attached hydrogens (primary N) is 1. The first kappa shape index (κ1) is 16.2. The number of pyridine rings is 1. The molecule has 0 fully saturated rings. The lowest BCUT2D eigenvalue weighted by Crippen LogP contribution is -1.94. The van der Waals surface area contributed by atoms with E-state index < -0.39 is 0 Å². The van der Waals surface area contributed by atoms with Gasteiger partial charge in [-0.3, -0.25) is 4.98 Å². The highest BCUT2D eigenvalue weighted by molar-refractivity contribution is 5.86. The number of fused-ring (bicyclic) bond motifs is 1. The van der Waals surface area contributed by atoms with Crippen molar-refractivity contribution in [3.05, 3.63) is 91.4 Å². The highest BCUT2D eigenvalue weighted by Crippen LogP contribution is 2.33. The summed E-state index contributed by atoms with van der Waals surface area (Å²) in [6.07, 6.45) is 5.57. The fourth-order valence-electron chi connectivity index (χ4n) is 3.45. The van der Waals surface area contributed by atoms with Crippen LogP contribution in [0.2, 0.25) is 0 Å². The molecule has 0 aliphatic heterocycles. The van der Waals surface area contributed by atoms with Crippen LogP contribution in [0, 0.1) is 0 Å². The van der Waals surface area contributed by atoms with Gasteiger partial charge in [0, 0.05) is 24.2 Å². The summed E-state index contributed by atoms with van der Waals surface area (Å²) in [6.45, 7) is 0. The number of anilines is 1. The predicted octanol–water partition coefficient (Wildman–Crippen LogP) is 4.71. The molecule has 0 bridgehead atoms. The molecule has 2 N–H and O–H groups in total. The van der Waals surface area contributed by atoms with Gasteiger partial charge in [-0.1, -0.05) is 60.7 Å². The maximum absolute atomic E-state index is 6.18. The van der Waals surface area contributed by atoms with Crippen LogP contribution < -0.4 is 5.73 Å². The van der Waals surface area contributed by atoms with Crippen molar-refractivity contribution < 1.29 is 0 Å². The summed E-state index contributed by atoms with van der Waals surface area (Å²) in [5.41, 5.74) is 12.8. The van der Waals surface area contributed by atoms with Crippen molar-refractivity contribution in [1.29, 1.82) is 0 Å². The molecule has 0 aliphatic rings. The van der Waals surface area contributed by atoms with Crippen LogP contribution in [0.5, 0.6) is 0 Å². The number of hydrogen-bond acceptors (Lipinski definition) is 4. The molecule has 3 heterocycles.